The van der Waals surface area contributed by atoms with Gasteiger partial charge in [0.1, 0.15) is 17.4 Å². The third-order valence-corrected chi connectivity index (χ3v) is 8.31. The minimum atomic E-state index is -0.958. The Balaban J connectivity index is 1.14. The quantitative estimate of drug-likeness (QED) is 0.155. The van der Waals surface area contributed by atoms with Crippen molar-refractivity contribution in [2.75, 3.05) is 25.6 Å². The fourth-order valence-electron chi connectivity index (χ4n) is 5.94. The maximum absolute atomic E-state index is 14.1. The fourth-order valence-corrected chi connectivity index (χ4v) is 5.94. The highest BCUT2D eigenvalue weighted by atomic mass is 19.1. The van der Waals surface area contributed by atoms with Crippen molar-refractivity contribution in [2.45, 2.75) is 36.9 Å². The van der Waals surface area contributed by atoms with Crippen LogP contribution in [0, 0.1) is 5.82 Å². The summed E-state index contributed by atoms with van der Waals surface area (Å²) >= 11 is 0. The number of anilines is 1. The van der Waals surface area contributed by atoms with E-state index in [1.807, 2.05) is 84.9 Å². The summed E-state index contributed by atoms with van der Waals surface area (Å²) in [4.78, 5) is 34.2. The Labute approximate surface area is 266 Å². The molecule has 4 aromatic carbocycles. The first-order valence-corrected chi connectivity index (χ1v) is 15.3. The van der Waals surface area contributed by atoms with E-state index in [1.165, 1.54) is 13.2 Å². The number of halogens is 1. The monoisotopic (exact) mass is 621 g/mol. The van der Waals surface area contributed by atoms with Crippen LogP contribution in [0.2, 0.25) is 0 Å². The van der Waals surface area contributed by atoms with Gasteiger partial charge in [0.05, 0.1) is 31.4 Å². The molecule has 1 fully saturated rings. The van der Waals surface area contributed by atoms with E-state index < -0.39 is 18.1 Å². The molecule has 5 aromatic rings. The smallest absolute Gasteiger partial charge is 0.407 e. The number of carbonyl (C=O) groups is 2. The van der Waals surface area contributed by atoms with Gasteiger partial charge in [0.2, 0.25) is 5.91 Å². The fraction of sp³-hybridized carbons (Fsp3) is 0.250. The van der Waals surface area contributed by atoms with Gasteiger partial charge >= 0.3 is 6.09 Å². The maximum Gasteiger partial charge on any atom is 0.407 e. The topological polar surface area (TPSA) is 117 Å². The number of ether oxygens (including phenoxy) is 2. The zero-order valence-electron chi connectivity index (χ0n) is 25.4. The number of alkyl carbamates (subject to hydrolysis) is 1. The summed E-state index contributed by atoms with van der Waals surface area (Å²) in [6, 6.07) is 30.6. The zero-order chi connectivity index (χ0) is 31.9. The van der Waals surface area contributed by atoms with E-state index in [9.17, 15) is 14.0 Å². The van der Waals surface area contributed by atoms with E-state index in [1.54, 1.807) is 12.1 Å². The number of morpholine rings is 1. The molecule has 0 radical (unpaired) electrons. The molecule has 46 heavy (non-hydrogen) atoms. The summed E-state index contributed by atoms with van der Waals surface area (Å²) in [5.41, 5.74) is 4.35. The molecule has 0 unspecified atom stereocenters. The van der Waals surface area contributed by atoms with Gasteiger partial charge in [-0.3, -0.25) is 4.79 Å². The summed E-state index contributed by atoms with van der Waals surface area (Å²) in [6.45, 7) is 0.991. The van der Waals surface area contributed by atoms with Gasteiger partial charge in [-0.1, -0.05) is 84.9 Å². The normalized spacial score (nSPS) is 17.0. The molecule has 9 nitrogen and oxygen atoms in total. The number of nitrogens with one attached hydrogen (secondary N) is 4. The van der Waals surface area contributed by atoms with Crippen LogP contribution in [0.4, 0.5) is 14.9 Å². The molecule has 3 atom stereocenters. The predicted octanol–water partition coefficient (Wildman–Crippen LogP) is 5.86. The zero-order valence-corrected chi connectivity index (χ0v) is 25.4. The number of aromatic nitrogens is 2. The number of hydrogen-bond acceptors (Lipinski definition) is 6. The molecule has 4 N–H and O–H groups in total. The van der Waals surface area contributed by atoms with Crippen molar-refractivity contribution in [3.8, 4) is 0 Å². The largest absolute Gasteiger partial charge is 0.453 e. The summed E-state index contributed by atoms with van der Waals surface area (Å²) < 4.78 is 25.2. The number of hydrogen-bond donors (Lipinski definition) is 4. The molecular formula is C36H36FN5O4. The Kier molecular flexibility index (Phi) is 9.66. The summed E-state index contributed by atoms with van der Waals surface area (Å²) in [5.74, 6) is -0.544. The Morgan fingerprint density at radius 3 is 2.30 bits per heavy atom. The van der Waals surface area contributed by atoms with Gasteiger partial charge in [0, 0.05) is 18.2 Å². The highest BCUT2D eigenvalue weighted by Gasteiger charge is 2.33. The maximum atomic E-state index is 14.1. The molecule has 0 spiro atoms. The van der Waals surface area contributed by atoms with Crippen LogP contribution in [0.3, 0.4) is 0 Å². The van der Waals surface area contributed by atoms with Crippen molar-refractivity contribution < 1.29 is 23.5 Å². The summed E-state index contributed by atoms with van der Waals surface area (Å²) in [5, 5.41) is 9.34. The van der Waals surface area contributed by atoms with Gasteiger partial charge in [-0.05, 0) is 47.7 Å². The van der Waals surface area contributed by atoms with Crippen LogP contribution in [-0.2, 0) is 20.7 Å². The van der Waals surface area contributed by atoms with Crippen molar-refractivity contribution in [2.24, 2.45) is 0 Å². The van der Waals surface area contributed by atoms with Gasteiger partial charge in [-0.15, -0.1) is 0 Å². The number of imidazole rings is 1. The molecule has 10 heteroatoms. The number of fused-ring (bicyclic) bond motifs is 1. The van der Waals surface area contributed by atoms with E-state index in [-0.39, 0.29) is 23.9 Å². The van der Waals surface area contributed by atoms with Crippen LogP contribution in [0.15, 0.2) is 103 Å². The van der Waals surface area contributed by atoms with Crippen LogP contribution in [-0.4, -0.2) is 54.4 Å². The van der Waals surface area contributed by atoms with Crippen LogP contribution in [0.25, 0.3) is 11.0 Å². The summed E-state index contributed by atoms with van der Waals surface area (Å²) in [7, 11) is 1.28. The number of benzene rings is 4. The number of amides is 2. The lowest BCUT2D eigenvalue weighted by Gasteiger charge is -2.30. The molecule has 2 amide bonds. The molecule has 1 saturated heterocycles. The Hall–Kier alpha value is -5.06. The molecule has 0 saturated carbocycles. The van der Waals surface area contributed by atoms with E-state index in [0.717, 1.165) is 16.7 Å². The number of nitrogens with zero attached hydrogens (tertiary/aromatic N) is 1. The molecular weight excluding hydrogens is 585 g/mol. The van der Waals surface area contributed by atoms with Crippen LogP contribution in [0.1, 0.15) is 40.9 Å². The van der Waals surface area contributed by atoms with Gasteiger partial charge in [-0.2, -0.15) is 0 Å². The second-order valence-corrected chi connectivity index (χ2v) is 11.3. The first kappa shape index (κ1) is 30.9. The van der Waals surface area contributed by atoms with Gasteiger partial charge in [0.25, 0.3) is 0 Å². The number of rotatable bonds is 10. The Morgan fingerprint density at radius 2 is 1.65 bits per heavy atom. The minimum absolute atomic E-state index is 0.0598. The van der Waals surface area contributed by atoms with E-state index in [4.69, 9.17) is 9.47 Å². The Morgan fingerprint density at radius 1 is 0.957 bits per heavy atom. The van der Waals surface area contributed by atoms with E-state index >= 15 is 0 Å². The average molecular weight is 622 g/mol. The van der Waals surface area contributed by atoms with Gasteiger partial charge in [-0.25, -0.2) is 14.2 Å². The average Bonchev–Trinajstić information content (AvgIpc) is 3.54. The molecule has 2 heterocycles. The first-order valence-electron chi connectivity index (χ1n) is 15.3. The van der Waals surface area contributed by atoms with Crippen LogP contribution < -0.4 is 16.0 Å². The predicted molar refractivity (Wildman–Crippen MR) is 174 cm³/mol. The highest BCUT2D eigenvalue weighted by Crippen LogP contribution is 2.30. The third-order valence-electron chi connectivity index (χ3n) is 8.31. The standard InChI is InChI=1S/C36H36FN5O4/c1-45-36(44)42-33(31(24-12-4-2-5-13-24)25-14-6-3-7-15-25)35(43)40-28-17-9-8-11-23(28)19-20-26-21-38-30(22-46-26)34-39-29-18-10-16-27(37)32(29)41-34/h2-18,26,30-31,33,38H,19-22H2,1H3,(H,39,41)(H,40,43)(H,42,44)/t26-,30+,33+/m1/s1. The molecule has 0 bridgehead atoms. The second kappa shape index (κ2) is 14.4. The number of para-hydroxylation sites is 2. The molecule has 0 aliphatic carbocycles. The number of H-pyrrole nitrogens is 1. The van der Waals surface area contributed by atoms with E-state index in [0.29, 0.717) is 48.5 Å². The van der Waals surface area contributed by atoms with Crippen molar-refractivity contribution in [1.82, 2.24) is 20.6 Å². The lowest BCUT2D eigenvalue weighted by molar-refractivity contribution is -0.118. The van der Waals surface area contributed by atoms with Crippen molar-refractivity contribution in [3.05, 3.63) is 131 Å². The molecule has 1 aliphatic rings. The molecule has 6 rings (SSSR count). The third kappa shape index (κ3) is 7.09. The minimum Gasteiger partial charge on any atom is -0.453 e. The van der Waals surface area contributed by atoms with Crippen molar-refractivity contribution in [1.29, 1.82) is 0 Å². The van der Waals surface area contributed by atoms with Crippen LogP contribution >= 0.6 is 0 Å². The number of aromatic amines is 1. The molecule has 1 aromatic heterocycles. The lowest BCUT2D eigenvalue weighted by atomic mass is 9.84. The summed E-state index contributed by atoms with van der Waals surface area (Å²) in [6.07, 6.45) is 0.606. The first-order chi connectivity index (χ1) is 22.5. The highest BCUT2D eigenvalue weighted by molar-refractivity contribution is 5.98. The lowest BCUT2D eigenvalue weighted by Crippen LogP contribution is -2.48. The Bertz CT molecular complexity index is 1730. The van der Waals surface area contributed by atoms with Crippen LogP contribution in [0.5, 0.6) is 0 Å². The van der Waals surface area contributed by atoms with Crippen molar-refractivity contribution in [3.63, 3.8) is 0 Å². The second-order valence-electron chi connectivity index (χ2n) is 11.3. The van der Waals surface area contributed by atoms with Gasteiger partial charge < -0.3 is 30.4 Å². The number of carbonyl (C=O) groups excluding carboxylic acids is 2. The molecule has 1 aliphatic heterocycles. The number of aryl methyl sites for hydroxylation is 1. The van der Waals surface area contributed by atoms with Gasteiger partial charge in [0.15, 0.2) is 5.82 Å². The number of methoxy groups -OCH3 is 1. The van der Waals surface area contributed by atoms with E-state index in [2.05, 4.69) is 25.9 Å². The molecule has 236 valence electrons. The SMILES string of the molecule is COC(=O)N[C@H](C(=O)Nc1ccccc1CC[C@@H]1CN[C@H](c2nc3c(F)cccc3[nH]2)CO1)C(c1ccccc1)c1ccccc1. The van der Waals surface area contributed by atoms with Crippen molar-refractivity contribution >= 4 is 28.7 Å².